The highest BCUT2D eigenvalue weighted by Gasteiger charge is 2.22. The van der Waals surface area contributed by atoms with E-state index in [9.17, 15) is 0 Å². The Morgan fingerprint density at radius 2 is 1.76 bits per heavy atom. The molecule has 1 aliphatic carbocycles. The van der Waals surface area contributed by atoms with E-state index in [1.165, 1.54) is 0 Å². The standard InChI is InChI=1S/C26H34N6OS/c1-4-33-23-12-8-7-11-22(23)30-26(34)27-17-18-13-15-19(16-14-18)28-25-29-21-10-6-5-9-20(21)24(31-25)32(2)3/h5-12,18-19H,4,13-17H2,1-3H3,(H2,27,30,34)(H,28,29,31). The number of thiocarbonyl (C=S) groups is 1. The number of nitrogens with zero attached hydrogens (tertiary/aromatic N) is 3. The second kappa shape index (κ2) is 11.3. The Bertz CT molecular complexity index is 1110. The van der Waals surface area contributed by atoms with Gasteiger partial charge in [0.1, 0.15) is 11.6 Å². The van der Waals surface area contributed by atoms with E-state index < -0.39 is 0 Å². The summed E-state index contributed by atoms with van der Waals surface area (Å²) >= 11 is 5.52. The molecule has 1 aliphatic rings. The van der Waals surface area contributed by atoms with Crippen molar-refractivity contribution >= 4 is 45.7 Å². The fourth-order valence-corrected chi connectivity index (χ4v) is 4.61. The molecule has 4 rings (SSSR count). The third kappa shape index (κ3) is 6.05. The van der Waals surface area contributed by atoms with E-state index in [1.54, 1.807) is 0 Å². The number of para-hydroxylation sites is 3. The molecule has 1 aromatic heterocycles. The molecule has 0 radical (unpaired) electrons. The van der Waals surface area contributed by atoms with Gasteiger partial charge in [-0.2, -0.15) is 4.98 Å². The van der Waals surface area contributed by atoms with E-state index in [0.29, 0.717) is 29.6 Å². The molecule has 0 atom stereocenters. The van der Waals surface area contributed by atoms with E-state index in [2.05, 4.69) is 22.0 Å². The van der Waals surface area contributed by atoms with Crippen molar-refractivity contribution in [3.8, 4) is 5.75 Å². The number of hydrogen-bond acceptors (Lipinski definition) is 6. The summed E-state index contributed by atoms with van der Waals surface area (Å²) in [4.78, 5) is 11.6. The fourth-order valence-electron chi connectivity index (χ4n) is 4.41. The predicted molar refractivity (Wildman–Crippen MR) is 145 cm³/mol. The number of fused-ring (bicyclic) bond motifs is 1. The monoisotopic (exact) mass is 478 g/mol. The molecule has 7 nitrogen and oxygen atoms in total. The molecule has 3 N–H and O–H groups in total. The molecule has 1 fully saturated rings. The number of benzene rings is 2. The van der Waals surface area contributed by atoms with E-state index >= 15 is 0 Å². The summed E-state index contributed by atoms with van der Waals surface area (Å²) in [6.07, 6.45) is 4.45. The van der Waals surface area contributed by atoms with Crippen LogP contribution in [-0.4, -0.2) is 48.4 Å². The summed E-state index contributed by atoms with van der Waals surface area (Å²) in [6, 6.07) is 16.4. The van der Waals surface area contributed by atoms with Crippen LogP contribution in [0.5, 0.6) is 5.75 Å². The molecule has 180 valence electrons. The molecule has 2 aromatic carbocycles. The zero-order valence-corrected chi connectivity index (χ0v) is 21.0. The SMILES string of the molecule is CCOc1ccccc1NC(=S)NCC1CCC(Nc2nc(N(C)C)c3ccccc3n2)CC1. The summed E-state index contributed by atoms with van der Waals surface area (Å²) in [5.74, 6) is 3.06. The summed E-state index contributed by atoms with van der Waals surface area (Å²) < 4.78 is 5.67. The van der Waals surface area contributed by atoms with Crippen molar-refractivity contribution in [2.45, 2.75) is 38.6 Å². The average molecular weight is 479 g/mol. The predicted octanol–water partition coefficient (Wildman–Crippen LogP) is 5.05. The van der Waals surface area contributed by atoms with Crippen LogP contribution in [0.25, 0.3) is 10.9 Å². The highest BCUT2D eigenvalue weighted by molar-refractivity contribution is 7.80. The van der Waals surface area contributed by atoms with Crippen molar-refractivity contribution in [3.05, 3.63) is 48.5 Å². The zero-order valence-electron chi connectivity index (χ0n) is 20.2. The summed E-state index contributed by atoms with van der Waals surface area (Å²) in [5, 5.41) is 11.9. The Morgan fingerprint density at radius 1 is 1.03 bits per heavy atom. The van der Waals surface area contributed by atoms with Gasteiger partial charge in [0, 0.05) is 32.1 Å². The van der Waals surface area contributed by atoms with Crippen LogP contribution in [0, 0.1) is 5.92 Å². The quantitative estimate of drug-likeness (QED) is 0.388. The molecule has 3 aromatic rings. The average Bonchev–Trinajstić information content (AvgIpc) is 2.84. The van der Waals surface area contributed by atoms with Gasteiger partial charge in [-0.05, 0) is 75.0 Å². The van der Waals surface area contributed by atoms with Crippen LogP contribution in [0.4, 0.5) is 17.5 Å². The second-order valence-electron chi connectivity index (χ2n) is 8.91. The van der Waals surface area contributed by atoms with Gasteiger partial charge in [0.15, 0.2) is 5.11 Å². The van der Waals surface area contributed by atoms with Crippen LogP contribution in [0.2, 0.25) is 0 Å². The van der Waals surface area contributed by atoms with Gasteiger partial charge in [-0.3, -0.25) is 0 Å². The molecule has 0 amide bonds. The summed E-state index contributed by atoms with van der Waals surface area (Å²) in [7, 11) is 4.04. The molecule has 0 spiro atoms. The molecular formula is C26H34N6OS. The Labute approximate surface area is 207 Å². The zero-order chi connectivity index (χ0) is 23.9. The Balaban J connectivity index is 1.27. The maximum absolute atomic E-state index is 5.67. The normalized spacial score (nSPS) is 17.7. The first kappa shape index (κ1) is 24.0. The van der Waals surface area contributed by atoms with Crippen LogP contribution >= 0.6 is 12.2 Å². The first-order valence-electron chi connectivity index (χ1n) is 12.0. The van der Waals surface area contributed by atoms with Crippen LogP contribution in [0.15, 0.2) is 48.5 Å². The molecule has 1 heterocycles. The minimum Gasteiger partial charge on any atom is -0.492 e. The van der Waals surface area contributed by atoms with Gasteiger partial charge in [0.05, 0.1) is 17.8 Å². The highest BCUT2D eigenvalue weighted by Crippen LogP contribution is 2.28. The van der Waals surface area contributed by atoms with E-state index in [-0.39, 0.29) is 0 Å². The van der Waals surface area contributed by atoms with Crippen molar-refractivity contribution in [2.75, 3.05) is 42.8 Å². The lowest BCUT2D eigenvalue weighted by molar-refractivity contribution is 0.336. The van der Waals surface area contributed by atoms with E-state index in [1.807, 2.05) is 68.4 Å². The molecule has 0 unspecified atom stereocenters. The number of nitrogens with one attached hydrogen (secondary N) is 3. The van der Waals surface area contributed by atoms with Crippen molar-refractivity contribution in [1.29, 1.82) is 0 Å². The molecule has 0 saturated heterocycles. The van der Waals surface area contributed by atoms with E-state index in [0.717, 1.165) is 60.4 Å². The van der Waals surface area contributed by atoms with Crippen molar-refractivity contribution in [2.24, 2.45) is 5.92 Å². The minimum absolute atomic E-state index is 0.385. The van der Waals surface area contributed by atoms with Crippen molar-refractivity contribution in [1.82, 2.24) is 15.3 Å². The summed E-state index contributed by atoms with van der Waals surface area (Å²) in [5.41, 5.74) is 1.86. The molecule has 1 saturated carbocycles. The number of ether oxygens (including phenoxy) is 1. The molecule has 34 heavy (non-hydrogen) atoms. The van der Waals surface area contributed by atoms with Gasteiger partial charge < -0.3 is 25.6 Å². The third-order valence-corrected chi connectivity index (χ3v) is 6.42. The molecule has 0 bridgehead atoms. The Morgan fingerprint density at radius 3 is 2.53 bits per heavy atom. The minimum atomic E-state index is 0.385. The number of anilines is 3. The summed E-state index contributed by atoms with van der Waals surface area (Å²) in [6.45, 7) is 3.47. The van der Waals surface area contributed by atoms with Crippen LogP contribution in [0.1, 0.15) is 32.6 Å². The first-order valence-corrected chi connectivity index (χ1v) is 12.4. The van der Waals surface area contributed by atoms with Gasteiger partial charge >= 0.3 is 0 Å². The number of rotatable bonds is 8. The van der Waals surface area contributed by atoms with Crippen molar-refractivity contribution < 1.29 is 4.74 Å². The van der Waals surface area contributed by atoms with Gasteiger partial charge in [-0.1, -0.05) is 24.3 Å². The van der Waals surface area contributed by atoms with Crippen molar-refractivity contribution in [3.63, 3.8) is 0 Å². The fraction of sp³-hybridized carbons (Fsp3) is 0.423. The molecule has 8 heteroatoms. The lowest BCUT2D eigenvalue weighted by Gasteiger charge is -2.30. The third-order valence-electron chi connectivity index (χ3n) is 6.17. The second-order valence-corrected chi connectivity index (χ2v) is 9.32. The Kier molecular flexibility index (Phi) is 8.00. The lowest BCUT2D eigenvalue weighted by Crippen LogP contribution is -2.36. The van der Waals surface area contributed by atoms with Gasteiger partial charge in [-0.25, -0.2) is 4.98 Å². The first-order chi connectivity index (χ1) is 16.5. The Hall–Kier alpha value is -3.13. The lowest BCUT2D eigenvalue weighted by atomic mass is 9.86. The maximum atomic E-state index is 5.67. The number of hydrogen-bond donors (Lipinski definition) is 3. The maximum Gasteiger partial charge on any atom is 0.225 e. The topological polar surface area (TPSA) is 74.3 Å². The van der Waals surface area contributed by atoms with Gasteiger partial charge in [0.25, 0.3) is 0 Å². The van der Waals surface area contributed by atoms with Crippen LogP contribution in [-0.2, 0) is 0 Å². The smallest absolute Gasteiger partial charge is 0.225 e. The number of aromatic nitrogens is 2. The molecule has 0 aliphatic heterocycles. The van der Waals surface area contributed by atoms with E-state index in [4.69, 9.17) is 26.9 Å². The van der Waals surface area contributed by atoms with Crippen LogP contribution in [0.3, 0.4) is 0 Å². The largest absolute Gasteiger partial charge is 0.492 e. The van der Waals surface area contributed by atoms with Gasteiger partial charge in [0.2, 0.25) is 5.95 Å². The highest BCUT2D eigenvalue weighted by atomic mass is 32.1. The van der Waals surface area contributed by atoms with Gasteiger partial charge in [-0.15, -0.1) is 0 Å². The molecular weight excluding hydrogens is 444 g/mol. The van der Waals surface area contributed by atoms with Crippen LogP contribution < -0.4 is 25.6 Å².